The average molecular weight is 420 g/mol. The lowest BCUT2D eigenvalue weighted by atomic mass is 10.1. The molecular formula is C20H29N5OS2. The Morgan fingerprint density at radius 1 is 1.21 bits per heavy atom. The maximum absolute atomic E-state index is 12.5. The van der Waals surface area contributed by atoms with E-state index >= 15 is 0 Å². The molecule has 3 heterocycles. The van der Waals surface area contributed by atoms with Gasteiger partial charge < -0.3 is 10.3 Å². The summed E-state index contributed by atoms with van der Waals surface area (Å²) in [5.41, 5.74) is 5.53. The molecule has 152 valence electrons. The first-order chi connectivity index (χ1) is 13.3. The van der Waals surface area contributed by atoms with Crippen molar-refractivity contribution in [3.8, 4) is 0 Å². The third kappa shape index (κ3) is 4.72. The minimum absolute atomic E-state index is 0.0580. The van der Waals surface area contributed by atoms with Gasteiger partial charge in [0.25, 0.3) is 5.56 Å². The Morgan fingerprint density at radius 3 is 2.61 bits per heavy atom. The number of hydrogen-bond donors (Lipinski definition) is 3. The summed E-state index contributed by atoms with van der Waals surface area (Å²) < 4.78 is 0. The number of aryl methyl sites for hydroxylation is 1. The molecule has 0 amide bonds. The summed E-state index contributed by atoms with van der Waals surface area (Å²) in [4.78, 5) is 28.6. The van der Waals surface area contributed by atoms with Crippen LogP contribution in [0.2, 0.25) is 0 Å². The molecule has 0 radical (unpaired) electrons. The van der Waals surface area contributed by atoms with Gasteiger partial charge in [-0.2, -0.15) is 11.8 Å². The van der Waals surface area contributed by atoms with Gasteiger partial charge in [0.05, 0.1) is 12.0 Å². The lowest BCUT2D eigenvalue weighted by molar-refractivity contribution is 1.01. The van der Waals surface area contributed by atoms with Gasteiger partial charge in [-0.05, 0) is 54.7 Å². The second-order valence-corrected chi connectivity index (χ2v) is 12.1. The smallest absolute Gasteiger partial charge is 0.255 e. The number of nitrogens with one attached hydrogen (secondary N) is 3. The minimum atomic E-state index is -0.942. The van der Waals surface area contributed by atoms with Gasteiger partial charge in [-0.25, -0.2) is 20.0 Å². The van der Waals surface area contributed by atoms with E-state index in [2.05, 4.69) is 57.0 Å². The van der Waals surface area contributed by atoms with Crippen LogP contribution < -0.4 is 10.9 Å². The fourth-order valence-corrected chi connectivity index (χ4v) is 6.84. The van der Waals surface area contributed by atoms with Gasteiger partial charge in [0.1, 0.15) is 0 Å². The number of hydrogen-bond acceptors (Lipinski definition) is 5. The summed E-state index contributed by atoms with van der Waals surface area (Å²) in [5, 5.41) is 5.56. The third-order valence-electron chi connectivity index (χ3n) is 5.05. The number of imidazole rings is 1. The van der Waals surface area contributed by atoms with Crippen LogP contribution in [0.1, 0.15) is 30.8 Å². The van der Waals surface area contributed by atoms with Crippen molar-refractivity contribution in [2.45, 2.75) is 32.9 Å². The number of anilines is 1. The maximum Gasteiger partial charge on any atom is 0.255 e. The van der Waals surface area contributed by atoms with E-state index in [0.29, 0.717) is 12.4 Å². The molecule has 0 aliphatic carbocycles. The average Bonchev–Trinajstić information content (AvgIpc) is 3.12. The van der Waals surface area contributed by atoms with Crippen LogP contribution >= 0.6 is 21.8 Å². The highest BCUT2D eigenvalue weighted by Crippen LogP contribution is 2.58. The van der Waals surface area contributed by atoms with E-state index in [9.17, 15) is 4.79 Å². The minimum Gasteiger partial charge on any atom is -0.355 e. The molecule has 0 fully saturated rings. The highest BCUT2D eigenvalue weighted by molar-refractivity contribution is 8.38. The first-order valence-corrected chi connectivity index (χ1v) is 12.9. The first kappa shape index (κ1) is 20.8. The topological polar surface area (TPSA) is 86.5 Å². The molecule has 1 aliphatic heterocycles. The second kappa shape index (κ2) is 8.61. The number of aromatic nitrogens is 4. The summed E-state index contributed by atoms with van der Waals surface area (Å²) >= 11 is 1.80. The van der Waals surface area contributed by atoms with Gasteiger partial charge in [-0.3, -0.25) is 9.78 Å². The largest absolute Gasteiger partial charge is 0.355 e. The molecular weight excluding hydrogens is 390 g/mol. The van der Waals surface area contributed by atoms with Crippen LogP contribution in [0.4, 0.5) is 5.95 Å². The van der Waals surface area contributed by atoms with Crippen molar-refractivity contribution in [3.05, 3.63) is 61.3 Å². The van der Waals surface area contributed by atoms with Crippen LogP contribution in [-0.4, -0.2) is 44.7 Å². The number of rotatable bonds is 8. The highest BCUT2D eigenvalue weighted by atomic mass is 32.3. The Kier molecular flexibility index (Phi) is 6.40. The summed E-state index contributed by atoms with van der Waals surface area (Å²) in [6.45, 7) is 7.07. The van der Waals surface area contributed by atoms with E-state index in [1.807, 2.05) is 6.92 Å². The summed E-state index contributed by atoms with van der Waals surface area (Å²) in [5.74, 6) is 2.31. The van der Waals surface area contributed by atoms with Crippen LogP contribution in [0.5, 0.6) is 0 Å². The van der Waals surface area contributed by atoms with Crippen molar-refractivity contribution in [2.24, 2.45) is 0 Å². The molecule has 0 atom stereocenters. The molecule has 0 spiro atoms. The van der Waals surface area contributed by atoms with Crippen molar-refractivity contribution < 1.29 is 0 Å². The first-order valence-electron chi connectivity index (χ1n) is 9.28. The summed E-state index contributed by atoms with van der Waals surface area (Å²) in [6.07, 6.45) is 8.67. The number of H-pyrrole nitrogens is 2. The van der Waals surface area contributed by atoms with Gasteiger partial charge in [-0.15, -0.1) is 0 Å². The van der Waals surface area contributed by atoms with Crippen LogP contribution in [-0.2, 0) is 12.2 Å². The van der Waals surface area contributed by atoms with Gasteiger partial charge in [0, 0.05) is 41.9 Å². The Labute approximate surface area is 172 Å². The number of nitrogens with zero attached hydrogens (tertiary/aromatic N) is 2. The molecule has 2 aromatic rings. The van der Waals surface area contributed by atoms with Gasteiger partial charge >= 0.3 is 0 Å². The molecule has 6 nitrogen and oxygen atoms in total. The Morgan fingerprint density at radius 2 is 2.00 bits per heavy atom. The van der Waals surface area contributed by atoms with Gasteiger partial charge in [-0.1, -0.05) is 0 Å². The molecule has 8 heteroatoms. The van der Waals surface area contributed by atoms with Gasteiger partial charge in [0.2, 0.25) is 5.95 Å². The van der Waals surface area contributed by atoms with Crippen molar-refractivity contribution in [1.82, 2.24) is 19.9 Å². The van der Waals surface area contributed by atoms with Crippen molar-refractivity contribution in [2.75, 3.05) is 30.1 Å². The lowest BCUT2D eigenvalue weighted by Crippen LogP contribution is -2.18. The molecule has 0 saturated carbocycles. The standard InChI is InChI=1S/C20H29N5OS2/c1-13-11-28(4,5)18(14(13)2)8-16-9-22-20(25-19(16)26)21-6-7-27-10-17-15(3)23-12-24-17/h9,11-12H,6-8,10H2,1-5H3,(H,23,24)(H2,21,22,25,26). The van der Waals surface area contributed by atoms with Crippen LogP contribution in [0, 0.1) is 6.92 Å². The Balaban J connectivity index is 1.53. The van der Waals surface area contributed by atoms with E-state index in [1.54, 1.807) is 24.3 Å². The number of allylic oxidation sites excluding steroid dienone is 3. The van der Waals surface area contributed by atoms with Gasteiger partial charge in [0.15, 0.2) is 0 Å². The predicted octanol–water partition coefficient (Wildman–Crippen LogP) is 3.94. The molecule has 0 aromatic carbocycles. The number of thioether (sulfide) groups is 1. The maximum atomic E-state index is 12.5. The Bertz CT molecular complexity index is 971. The molecule has 0 unspecified atom stereocenters. The Hall–Kier alpha value is -1.93. The molecule has 2 aromatic heterocycles. The zero-order chi connectivity index (χ0) is 20.3. The van der Waals surface area contributed by atoms with E-state index in [1.165, 1.54) is 16.1 Å². The molecule has 0 bridgehead atoms. The summed E-state index contributed by atoms with van der Waals surface area (Å²) in [6, 6.07) is 0. The normalized spacial score (nSPS) is 17.0. The van der Waals surface area contributed by atoms with E-state index in [0.717, 1.165) is 35.0 Å². The summed E-state index contributed by atoms with van der Waals surface area (Å²) in [7, 11) is -0.942. The zero-order valence-electron chi connectivity index (χ0n) is 17.2. The molecule has 1 aliphatic rings. The SMILES string of the molecule is CC1=CS(C)(C)C(Cc2cnc(NCCSCc3nc[nH]c3C)[nH]c2=O)=C1C. The third-order valence-corrected chi connectivity index (χ3v) is 8.69. The van der Waals surface area contributed by atoms with E-state index in [4.69, 9.17) is 0 Å². The van der Waals surface area contributed by atoms with E-state index in [-0.39, 0.29) is 5.56 Å². The van der Waals surface area contributed by atoms with Crippen molar-refractivity contribution >= 4 is 27.7 Å². The second-order valence-electron chi connectivity index (χ2n) is 7.47. The fraction of sp³-hybridized carbons (Fsp3) is 0.450. The van der Waals surface area contributed by atoms with Crippen LogP contribution in [0.25, 0.3) is 0 Å². The molecule has 0 saturated heterocycles. The van der Waals surface area contributed by atoms with Crippen molar-refractivity contribution in [1.29, 1.82) is 0 Å². The van der Waals surface area contributed by atoms with E-state index < -0.39 is 10.0 Å². The highest BCUT2D eigenvalue weighted by Gasteiger charge is 2.25. The predicted molar refractivity (Wildman–Crippen MR) is 122 cm³/mol. The molecule has 3 rings (SSSR count). The fourth-order valence-electron chi connectivity index (χ4n) is 3.29. The molecule has 28 heavy (non-hydrogen) atoms. The van der Waals surface area contributed by atoms with Crippen LogP contribution in [0.15, 0.2) is 38.8 Å². The monoisotopic (exact) mass is 419 g/mol. The van der Waals surface area contributed by atoms with Crippen molar-refractivity contribution in [3.63, 3.8) is 0 Å². The zero-order valence-corrected chi connectivity index (χ0v) is 18.8. The lowest BCUT2D eigenvalue weighted by Gasteiger charge is -2.27. The molecule has 3 N–H and O–H groups in total. The van der Waals surface area contributed by atoms with Crippen LogP contribution in [0.3, 0.4) is 0 Å². The number of aromatic amines is 2. The quantitative estimate of drug-likeness (QED) is 0.564.